The van der Waals surface area contributed by atoms with Crippen LogP contribution in [0.25, 0.3) is 10.9 Å². The van der Waals surface area contributed by atoms with Crippen LogP contribution in [0.2, 0.25) is 10.0 Å². The maximum absolute atomic E-state index is 13.7. The predicted octanol–water partition coefficient (Wildman–Crippen LogP) is 5.72. The van der Waals surface area contributed by atoms with Gasteiger partial charge in [0.1, 0.15) is 11.5 Å². The number of rotatable bonds is 7. The molecule has 0 unspecified atom stereocenters. The number of fused-ring (bicyclic) bond motifs is 2. The monoisotopic (exact) mass is 533 g/mol. The highest BCUT2D eigenvalue weighted by molar-refractivity contribution is 7.90. The van der Waals surface area contributed by atoms with E-state index in [-0.39, 0.29) is 30.3 Å². The molecule has 0 saturated carbocycles. The molecule has 4 aromatic rings. The lowest BCUT2D eigenvalue weighted by Crippen LogP contribution is -2.12. The normalized spacial score (nSPS) is 12.7. The second kappa shape index (κ2) is 8.99. The molecule has 2 heterocycles. The van der Waals surface area contributed by atoms with Gasteiger partial charge in [-0.3, -0.25) is 4.79 Å². The fourth-order valence-corrected chi connectivity index (χ4v) is 5.49. The van der Waals surface area contributed by atoms with Crippen molar-refractivity contribution in [2.24, 2.45) is 0 Å². The number of benzene rings is 3. The molecule has 1 aliphatic rings. The van der Waals surface area contributed by atoms with E-state index in [4.69, 9.17) is 42.5 Å². The van der Waals surface area contributed by atoms with Gasteiger partial charge in [-0.2, -0.15) is 0 Å². The van der Waals surface area contributed by atoms with E-state index in [0.717, 1.165) is 3.97 Å². The summed E-state index contributed by atoms with van der Waals surface area (Å²) in [6.45, 7) is 0.0211. The van der Waals surface area contributed by atoms with E-state index >= 15 is 0 Å². The summed E-state index contributed by atoms with van der Waals surface area (Å²) in [5.41, 5.74) is 0.915. The van der Waals surface area contributed by atoms with Gasteiger partial charge in [-0.15, -0.1) is 0 Å². The van der Waals surface area contributed by atoms with Crippen molar-refractivity contribution in [1.29, 1.82) is 0 Å². The number of nitrogens with zero attached hydrogens (tertiary/aromatic N) is 1. The second-order valence-electron chi connectivity index (χ2n) is 7.72. The summed E-state index contributed by atoms with van der Waals surface area (Å²) < 4.78 is 45.1. The summed E-state index contributed by atoms with van der Waals surface area (Å²) in [4.78, 5) is 11.1. The number of ether oxygens (including phenoxy) is 3. The van der Waals surface area contributed by atoms with Crippen molar-refractivity contribution in [3.05, 3.63) is 76.4 Å². The van der Waals surface area contributed by atoms with Crippen LogP contribution in [-0.2, 0) is 21.2 Å². The average molecular weight is 534 g/mol. The Hall–Kier alpha value is -3.40. The third-order valence-corrected chi connectivity index (χ3v) is 7.85. The lowest BCUT2D eigenvalue weighted by molar-refractivity contribution is -0.136. The molecule has 11 heteroatoms. The van der Waals surface area contributed by atoms with Crippen LogP contribution < -0.4 is 14.2 Å². The van der Waals surface area contributed by atoms with E-state index in [0.29, 0.717) is 43.8 Å². The van der Waals surface area contributed by atoms with E-state index in [1.54, 1.807) is 36.4 Å². The number of aryl methyl sites for hydroxylation is 1. The molecule has 0 fully saturated rings. The van der Waals surface area contributed by atoms with Crippen LogP contribution in [0.15, 0.2) is 65.7 Å². The fourth-order valence-electron chi connectivity index (χ4n) is 3.78. The highest BCUT2D eigenvalue weighted by atomic mass is 35.5. The first-order valence-corrected chi connectivity index (χ1v) is 12.6. The van der Waals surface area contributed by atoms with Gasteiger partial charge in [-0.05, 0) is 42.3 Å². The summed E-state index contributed by atoms with van der Waals surface area (Å²) >= 11 is 12.0. The standard InChI is InChI=1S/C24H17Cl2NO7S/c25-19-6-5-16(9-20(19)26)34-15-2-1-3-17(8-15)35(30,31)27-12-14(4-7-24(28)29)18-10-22-23(11-21(18)27)33-13-32-22/h1-3,5-6,8-12H,4,7,13H2,(H,28,29). The zero-order valence-electron chi connectivity index (χ0n) is 17.9. The molecule has 0 amide bonds. The Morgan fingerprint density at radius 3 is 2.49 bits per heavy atom. The molecular formula is C24H17Cl2NO7S. The Labute approximate surface area is 210 Å². The van der Waals surface area contributed by atoms with Crippen molar-refractivity contribution in [2.45, 2.75) is 17.7 Å². The maximum atomic E-state index is 13.7. The molecular weight excluding hydrogens is 517 g/mol. The van der Waals surface area contributed by atoms with Crippen LogP contribution in [0.5, 0.6) is 23.0 Å². The van der Waals surface area contributed by atoms with E-state index in [1.165, 1.54) is 24.4 Å². The number of carbonyl (C=O) groups is 1. The molecule has 0 radical (unpaired) electrons. The number of carboxylic acids is 1. The first-order chi connectivity index (χ1) is 16.7. The Morgan fingerprint density at radius 2 is 1.74 bits per heavy atom. The van der Waals surface area contributed by atoms with Gasteiger partial charge in [-0.1, -0.05) is 29.3 Å². The Bertz CT molecular complexity index is 1580. The van der Waals surface area contributed by atoms with Crippen molar-refractivity contribution < 1.29 is 32.5 Å². The number of hydrogen-bond donors (Lipinski definition) is 1. The number of carboxylic acid groups (broad SMARTS) is 1. The highest BCUT2D eigenvalue weighted by Crippen LogP contribution is 2.39. The van der Waals surface area contributed by atoms with Gasteiger partial charge in [-0.25, -0.2) is 12.4 Å². The van der Waals surface area contributed by atoms with Gasteiger partial charge in [0.25, 0.3) is 10.0 Å². The molecule has 0 aliphatic carbocycles. The predicted molar refractivity (Wildman–Crippen MR) is 130 cm³/mol. The summed E-state index contributed by atoms with van der Waals surface area (Å²) in [7, 11) is -4.08. The Morgan fingerprint density at radius 1 is 1.00 bits per heavy atom. The van der Waals surface area contributed by atoms with Gasteiger partial charge < -0.3 is 19.3 Å². The quantitative estimate of drug-likeness (QED) is 0.323. The van der Waals surface area contributed by atoms with Crippen LogP contribution in [0.1, 0.15) is 12.0 Å². The van der Waals surface area contributed by atoms with Crippen LogP contribution in [0.3, 0.4) is 0 Å². The molecule has 0 atom stereocenters. The first kappa shape index (κ1) is 23.3. The zero-order chi connectivity index (χ0) is 24.7. The van der Waals surface area contributed by atoms with E-state index in [1.807, 2.05) is 0 Å². The van der Waals surface area contributed by atoms with Crippen molar-refractivity contribution in [1.82, 2.24) is 3.97 Å². The summed E-state index contributed by atoms with van der Waals surface area (Å²) in [6, 6.07) is 14.0. The van der Waals surface area contributed by atoms with Gasteiger partial charge in [0.05, 0.1) is 20.5 Å². The van der Waals surface area contributed by atoms with Crippen LogP contribution in [0.4, 0.5) is 0 Å². The fraction of sp³-hybridized carbons (Fsp3) is 0.125. The average Bonchev–Trinajstić information content (AvgIpc) is 3.43. The SMILES string of the molecule is O=C(O)CCc1cn(S(=O)(=O)c2cccc(Oc3ccc(Cl)c(Cl)c3)c2)c2cc3c(cc12)OCO3. The number of hydrogen-bond acceptors (Lipinski definition) is 6. The Kier molecular flexibility index (Phi) is 6.00. The number of aromatic nitrogens is 1. The lowest BCUT2D eigenvalue weighted by Gasteiger charge is -2.11. The molecule has 1 aromatic heterocycles. The minimum atomic E-state index is -4.08. The van der Waals surface area contributed by atoms with Gasteiger partial charge in [0.2, 0.25) is 6.79 Å². The van der Waals surface area contributed by atoms with Crippen LogP contribution in [0, 0.1) is 0 Å². The molecule has 8 nitrogen and oxygen atoms in total. The molecule has 0 bridgehead atoms. The first-order valence-electron chi connectivity index (χ1n) is 10.4. The van der Waals surface area contributed by atoms with Crippen LogP contribution >= 0.6 is 23.2 Å². The topological polar surface area (TPSA) is 104 Å². The largest absolute Gasteiger partial charge is 0.481 e. The molecule has 1 N–H and O–H groups in total. The maximum Gasteiger partial charge on any atom is 0.303 e. The third-order valence-electron chi connectivity index (χ3n) is 5.44. The minimum Gasteiger partial charge on any atom is -0.481 e. The summed E-state index contributed by atoms with van der Waals surface area (Å²) in [6.07, 6.45) is 1.43. The zero-order valence-corrected chi connectivity index (χ0v) is 20.2. The van der Waals surface area contributed by atoms with Crippen molar-refractivity contribution >= 4 is 50.1 Å². The summed E-state index contributed by atoms with van der Waals surface area (Å²) in [5, 5.41) is 10.4. The van der Waals surface area contributed by atoms with E-state index in [9.17, 15) is 13.2 Å². The Balaban J connectivity index is 1.57. The van der Waals surface area contributed by atoms with Crippen molar-refractivity contribution in [3.8, 4) is 23.0 Å². The highest BCUT2D eigenvalue weighted by Gasteiger charge is 2.25. The third kappa shape index (κ3) is 4.50. The van der Waals surface area contributed by atoms with Gasteiger partial charge in [0.15, 0.2) is 11.5 Å². The molecule has 3 aromatic carbocycles. The second-order valence-corrected chi connectivity index (χ2v) is 10.4. The summed E-state index contributed by atoms with van der Waals surface area (Å²) in [5.74, 6) is 0.574. The number of halogens is 2. The minimum absolute atomic E-state index is 0.0191. The molecule has 5 rings (SSSR count). The molecule has 0 saturated heterocycles. The van der Waals surface area contributed by atoms with Crippen molar-refractivity contribution in [2.75, 3.05) is 6.79 Å². The van der Waals surface area contributed by atoms with Crippen molar-refractivity contribution in [3.63, 3.8) is 0 Å². The smallest absolute Gasteiger partial charge is 0.303 e. The van der Waals surface area contributed by atoms with E-state index in [2.05, 4.69) is 0 Å². The number of aliphatic carboxylic acids is 1. The van der Waals surface area contributed by atoms with Gasteiger partial charge >= 0.3 is 5.97 Å². The molecule has 180 valence electrons. The van der Waals surface area contributed by atoms with E-state index < -0.39 is 16.0 Å². The lowest BCUT2D eigenvalue weighted by atomic mass is 10.1. The van der Waals surface area contributed by atoms with Gasteiger partial charge in [0, 0.05) is 36.2 Å². The molecule has 1 aliphatic heterocycles. The van der Waals surface area contributed by atoms with Crippen LogP contribution in [-0.4, -0.2) is 30.3 Å². The molecule has 0 spiro atoms. The molecule has 35 heavy (non-hydrogen) atoms.